The van der Waals surface area contributed by atoms with E-state index in [1.54, 1.807) is 0 Å². The Balaban J connectivity index is 2.35. The molecule has 0 aromatic carbocycles. The monoisotopic (exact) mass is 211 g/mol. The lowest BCUT2D eigenvalue weighted by Crippen LogP contribution is -2.29. The zero-order valence-electron chi connectivity index (χ0n) is 11.1. The van der Waals surface area contributed by atoms with E-state index in [1.165, 1.54) is 45.1 Å². The smallest absolute Gasteiger partial charge is 0.00209 e. The van der Waals surface area contributed by atoms with Crippen LogP contribution in [0.3, 0.4) is 0 Å². The molecule has 0 spiro atoms. The van der Waals surface area contributed by atoms with Gasteiger partial charge in [0.25, 0.3) is 0 Å². The van der Waals surface area contributed by atoms with E-state index in [-0.39, 0.29) is 0 Å². The Kier molecular flexibility index (Phi) is 5.11. The van der Waals surface area contributed by atoms with E-state index in [2.05, 4.69) is 33.1 Å². The van der Waals surface area contributed by atoms with Gasteiger partial charge in [-0.25, -0.2) is 0 Å². The lowest BCUT2D eigenvalue weighted by Gasteiger charge is -2.33. The number of hydrogen-bond acceptors (Lipinski definition) is 1. The van der Waals surface area contributed by atoms with Gasteiger partial charge in [0.15, 0.2) is 0 Å². The molecule has 1 N–H and O–H groups in total. The maximum atomic E-state index is 3.36. The Morgan fingerprint density at radius 3 is 2.20 bits per heavy atom. The van der Waals surface area contributed by atoms with E-state index in [0.29, 0.717) is 5.41 Å². The van der Waals surface area contributed by atoms with Crippen LogP contribution in [0.5, 0.6) is 0 Å². The van der Waals surface area contributed by atoms with Crippen LogP contribution in [0, 0.1) is 17.3 Å². The molecule has 1 fully saturated rings. The topological polar surface area (TPSA) is 12.0 Å². The van der Waals surface area contributed by atoms with Gasteiger partial charge < -0.3 is 5.32 Å². The highest BCUT2D eigenvalue weighted by atomic mass is 14.8. The zero-order chi connectivity index (χ0) is 11.3. The van der Waals surface area contributed by atoms with Crippen molar-refractivity contribution in [1.82, 2.24) is 5.32 Å². The second-order valence-corrected chi connectivity index (χ2v) is 6.46. The molecule has 1 saturated carbocycles. The summed E-state index contributed by atoms with van der Waals surface area (Å²) >= 11 is 0. The second kappa shape index (κ2) is 5.89. The highest BCUT2D eigenvalue weighted by Gasteiger charge is 2.25. The maximum absolute atomic E-state index is 3.36. The molecule has 2 unspecified atom stereocenters. The van der Waals surface area contributed by atoms with E-state index >= 15 is 0 Å². The molecule has 0 radical (unpaired) electrons. The molecule has 0 aromatic rings. The van der Waals surface area contributed by atoms with Crippen LogP contribution in [-0.4, -0.2) is 13.6 Å². The van der Waals surface area contributed by atoms with Crippen LogP contribution in [0.1, 0.15) is 59.3 Å². The van der Waals surface area contributed by atoms with Crippen molar-refractivity contribution >= 4 is 0 Å². The van der Waals surface area contributed by atoms with Gasteiger partial charge in [0.05, 0.1) is 0 Å². The summed E-state index contributed by atoms with van der Waals surface area (Å²) in [7, 11) is 2.09. The molecule has 0 aliphatic heterocycles. The van der Waals surface area contributed by atoms with Gasteiger partial charge in [0.1, 0.15) is 0 Å². The molecule has 0 amide bonds. The van der Waals surface area contributed by atoms with Crippen LogP contribution in [0.2, 0.25) is 0 Å². The molecule has 90 valence electrons. The Hall–Kier alpha value is -0.0400. The van der Waals surface area contributed by atoms with Crippen LogP contribution in [0.25, 0.3) is 0 Å². The van der Waals surface area contributed by atoms with E-state index in [0.717, 1.165) is 11.8 Å². The van der Waals surface area contributed by atoms with Crippen LogP contribution in [-0.2, 0) is 0 Å². The first-order valence-corrected chi connectivity index (χ1v) is 6.67. The van der Waals surface area contributed by atoms with Crippen molar-refractivity contribution in [3.63, 3.8) is 0 Å². The maximum Gasteiger partial charge on any atom is -0.00209 e. The third-order valence-electron chi connectivity index (χ3n) is 3.80. The Morgan fingerprint density at radius 1 is 1.07 bits per heavy atom. The summed E-state index contributed by atoms with van der Waals surface area (Å²) in [6.07, 6.45) is 8.68. The fourth-order valence-corrected chi connectivity index (χ4v) is 2.81. The first-order valence-electron chi connectivity index (χ1n) is 6.67. The van der Waals surface area contributed by atoms with Crippen molar-refractivity contribution in [2.75, 3.05) is 13.6 Å². The average molecular weight is 211 g/mol. The molecule has 0 aromatic heterocycles. The van der Waals surface area contributed by atoms with Crippen molar-refractivity contribution in [2.45, 2.75) is 59.3 Å². The van der Waals surface area contributed by atoms with E-state index in [4.69, 9.17) is 0 Å². The van der Waals surface area contributed by atoms with Crippen LogP contribution < -0.4 is 5.32 Å². The predicted molar refractivity (Wildman–Crippen MR) is 68.1 cm³/mol. The summed E-state index contributed by atoms with van der Waals surface area (Å²) < 4.78 is 0. The molecule has 15 heavy (non-hydrogen) atoms. The molecular formula is C14H29N. The van der Waals surface area contributed by atoms with Crippen LogP contribution in [0.4, 0.5) is 0 Å². The van der Waals surface area contributed by atoms with Crippen LogP contribution in [0.15, 0.2) is 0 Å². The fourth-order valence-electron chi connectivity index (χ4n) is 2.81. The molecule has 2 atom stereocenters. The first kappa shape index (κ1) is 13.0. The highest BCUT2D eigenvalue weighted by Crippen LogP contribution is 2.35. The normalized spacial score (nSPS) is 28.0. The van der Waals surface area contributed by atoms with Gasteiger partial charge in [-0.15, -0.1) is 0 Å². The fraction of sp³-hybridized carbons (Fsp3) is 1.00. The van der Waals surface area contributed by atoms with Gasteiger partial charge in [-0.3, -0.25) is 0 Å². The third-order valence-corrected chi connectivity index (χ3v) is 3.80. The summed E-state index contributed by atoms with van der Waals surface area (Å²) in [4.78, 5) is 0. The molecule has 1 aliphatic rings. The minimum atomic E-state index is 0.516. The molecule has 0 bridgehead atoms. The van der Waals surface area contributed by atoms with Crippen molar-refractivity contribution in [3.8, 4) is 0 Å². The summed E-state index contributed by atoms with van der Waals surface area (Å²) in [5.74, 6) is 1.94. The third kappa shape index (κ3) is 5.01. The molecule has 1 heteroatoms. The van der Waals surface area contributed by atoms with Crippen molar-refractivity contribution < 1.29 is 0 Å². The molecule has 0 heterocycles. The van der Waals surface area contributed by atoms with E-state index < -0.39 is 0 Å². The standard InChI is InChI=1S/C14H29N/c1-14(2,3)10-9-12-7-5-6-8-13(12)11-15-4/h12-13,15H,5-11H2,1-4H3. The van der Waals surface area contributed by atoms with Crippen molar-refractivity contribution in [3.05, 3.63) is 0 Å². The molecule has 1 rings (SSSR count). The first-order chi connectivity index (χ1) is 7.03. The zero-order valence-corrected chi connectivity index (χ0v) is 11.1. The number of nitrogens with one attached hydrogen (secondary N) is 1. The predicted octanol–water partition coefficient (Wildman–Crippen LogP) is 3.84. The van der Waals surface area contributed by atoms with Gasteiger partial charge >= 0.3 is 0 Å². The molecular weight excluding hydrogens is 182 g/mol. The van der Waals surface area contributed by atoms with Gasteiger partial charge in [0.2, 0.25) is 0 Å². The molecule has 1 aliphatic carbocycles. The summed E-state index contributed by atoms with van der Waals surface area (Å²) in [6.45, 7) is 8.32. The quantitative estimate of drug-likeness (QED) is 0.745. The van der Waals surface area contributed by atoms with Crippen LogP contribution >= 0.6 is 0 Å². The second-order valence-electron chi connectivity index (χ2n) is 6.46. The van der Waals surface area contributed by atoms with Gasteiger partial charge in [-0.1, -0.05) is 40.0 Å². The highest BCUT2D eigenvalue weighted by molar-refractivity contribution is 4.78. The molecule has 1 nitrogen and oxygen atoms in total. The minimum absolute atomic E-state index is 0.516. The Bertz CT molecular complexity index is 167. The van der Waals surface area contributed by atoms with Crippen molar-refractivity contribution in [1.29, 1.82) is 0 Å². The summed E-state index contributed by atoms with van der Waals surface area (Å²) in [5.41, 5.74) is 0.516. The number of hydrogen-bond donors (Lipinski definition) is 1. The minimum Gasteiger partial charge on any atom is -0.319 e. The lowest BCUT2D eigenvalue weighted by molar-refractivity contribution is 0.195. The van der Waals surface area contributed by atoms with Gasteiger partial charge in [0, 0.05) is 0 Å². The average Bonchev–Trinajstić information content (AvgIpc) is 2.16. The summed E-state index contributed by atoms with van der Waals surface area (Å²) in [6, 6.07) is 0. The SMILES string of the molecule is CNCC1CCCCC1CCC(C)(C)C. The van der Waals surface area contributed by atoms with Gasteiger partial charge in [-0.2, -0.15) is 0 Å². The summed E-state index contributed by atoms with van der Waals surface area (Å²) in [5, 5.41) is 3.36. The van der Waals surface area contributed by atoms with Gasteiger partial charge in [-0.05, 0) is 50.1 Å². The van der Waals surface area contributed by atoms with E-state index in [9.17, 15) is 0 Å². The Labute approximate surface area is 96.0 Å². The number of rotatable bonds is 4. The molecule has 0 saturated heterocycles. The largest absolute Gasteiger partial charge is 0.319 e. The van der Waals surface area contributed by atoms with Crippen molar-refractivity contribution in [2.24, 2.45) is 17.3 Å². The Morgan fingerprint density at radius 2 is 1.67 bits per heavy atom. The lowest BCUT2D eigenvalue weighted by atomic mass is 9.74. The van der Waals surface area contributed by atoms with E-state index in [1.807, 2.05) is 0 Å².